The maximum atomic E-state index is 12.7. The Balaban J connectivity index is 1.49. The maximum Gasteiger partial charge on any atom is 0.266 e. The summed E-state index contributed by atoms with van der Waals surface area (Å²) in [5.41, 5.74) is 1.74. The summed E-state index contributed by atoms with van der Waals surface area (Å²) in [4.78, 5) is 12.7. The molecule has 1 aliphatic heterocycles. The van der Waals surface area contributed by atoms with Gasteiger partial charge in [0.25, 0.3) is 5.91 Å². The van der Waals surface area contributed by atoms with Gasteiger partial charge in [-0.25, -0.2) is 0 Å². The minimum atomic E-state index is -0.602. The highest BCUT2D eigenvalue weighted by atomic mass is 35.5. The van der Waals surface area contributed by atoms with Crippen molar-refractivity contribution in [3.63, 3.8) is 0 Å². The van der Waals surface area contributed by atoms with Gasteiger partial charge >= 0.3 is 0 Å². The van der Waals surface area contributed by atoms with Crippen molar-refractivity contribution >= 4 is 29.3 Å². The largest absolute Gasteiger partial charge is 0.495 e. The summed E-state index contributed by atoms with van der Waals surface area (Å²) in [7, 11) is 2.99. The topological polar surface area (TPSA) is 99.0 Å². The average Bonchev–Trinajstić information content (AvgIpc) is 3.34. The normalized spacial score (nSPS) is 12.0. The number of rotatable bonds is 8. The number of methoxy groups -OCH3 is 2. The van der Waals surface area contributed by atoms with Crippen LogP contribution in [0.4, 0.5) is 5.69 Å². The number of nitrogens with zero attached hydrogens (tertiary/aromatic N) is 1. The number of amides is 1. The molecule has 3 aromatic carbocycles. The molecule has 0 saturated heterocycles. The van der Waals surface area contributed by atoms with E-state index in [4.69, 9.17) is 35.3 Å². The van der Waals surface area contributed by atoms with E-state index in [2.05, 4.69) is 5.32 Å². The molecule has 4 rings (SSSR count). The van der Waals surface area contributed by atoms with Crippen LogP contribution in [-0.2, 0) is 11.4 Å². The van der Waals surface area contributed by atoms with Crippen LogP contribution in [0.25, 0.3) is 6.08 Å². The van der Waals surface area contributed by atoms with Crippen molar-refractivity contribution in [2.75, 3.05) is 26.3 Å². The molecule has 8 nitrogen and oxygen atoms in total. The highest BCUT2D eigenvalue weighted by molar-refractivity contribution is 6.31. The molecule has 0 aliphatic carbocycles. The van der Waals surface area contributed by atoms with Gasteiger partial charge in [-0.3, -0.25) is 4.79 Å². The Bertz CT molecular complexity index is 1330. The number of hydrogen-bond acceptors (Lipinski definition) is 7. The van der Waals surface area contributed by atoms with E-state index >= 15 is 0 Å². The zero-order valence-electron chi connectivity index (χ0n) is 19.0. The molecule has 3 aromatic rings. The van der Waals surface area contributed by atoms with Crippen LogP contribution < -0.4 is 29.0 Å². The van der Waals surface area contributed by atoms with Crippen molar-refractivity contribution in [3.8, 4) is 34.8 Å². The molecule has 0 radical (unpaired) electrons. The Morgan fingerprint density at radius 1 is 1.03 bits per heavy atom. The summed E-state index contributed by atoms with van der Waals surface area (Å²) in [6.07, 6.45) is 1.45. The van der Waals surface area contributed by atoms with Crippen molar-refractivity contribution in [2.24, 2.45) is 0 Å². The highest BCUT2D eigenvalue weighted by Crippen LogP contribution is 2.34. The lowest BCUT2D eigenvalue weighted by Crippen LogP contribution is -2.14. The van der Waals surface area contributed by atoms with Crippen LogP contribution in [0.5, 0.6) is 28.7 Å². The molecule has 1 aliphatic rings. The second-order valence-electron chi connectivity index (χ2n) is 7.36. The Labute approximate surface area is 207 Å². The van der Waals surface area contributed by atoms with Gasteiger partial charge in [0, 0.05) is 5.02 Å². The molecular formula is C26H21ClN2O6. The molecule has 1 heterocycles. The molecule has 0 aromatic heterocycles. The number of carbonyl (C=O) groups excluding carboxylic acids is 1. The number of nitrogens with one attached hydrogen (secondary N) is 1. The lowest BCUT2D eigenvalue weighted by atomic mass is 10.1. The van der Waals surface area contributed by atoms with Gasteiger partial charge in [0.15, 0.2) is 23.0 Å². The molecule has 0 saturated carbocycles. The standard InChI is InChI=1S/C26H21ClN2O6/c1-31-21-8-5-19(27)12-20(21)29-26(30)18(13-28)9-16-3-6-22(24(10-16)32-2)33-14-17-4-7-23-25(11-17)35-15-34-23/h3-12H,14-15H2,1-2H3,(H,29,30). The third kappa shape index (κ3) is 5.60. The molecular weight excluding hydrogens is 472 g/mol. The van der Waals surface area contributed by atoms with Gasteiger partial charge in [0.2, 0.25) is 6.79 Å². The van der Waals surface area contributed by atoms with E-state index in [0.29, 0.717) is 45.0 Å². The van der Waals surface area contributed by atoms with Gasteiger partial charge in [0.05, 0.1) is 19.9 Å². The van der Waals surface area contributed by atoms with Crippen LogP contribution in [0.15, 0.2) is 60.2 Å². The molecule has 0 unspecified atom stereocenters. The van der Waals surface area contributed by atoms with Crippen molar-refractivity contribution in [1.29, 1.82) is 5.26 Å². The SMILES string of the molecule is COc1ccc(Cl)cc1NC(=O)C(C#N)=Cc1ccc(OCc2ccc3c(c2)OCO3)c(OC)c1. The third-order valence-corrected chi connectivity index (χ3v) is 5.34. The second kappa shape index (κ2) is 10.7. The first-order valence-corrected chi connectivity index (χ1v) is 10.8. The first-order chi connectivity index (χ1) is 17.0. The number of halogens is 1. The summed E-state index contributed by atoms with van der Waals surface area (Å²) in [6, 6.07) is 17.4. The van der Waals surface area contributed by atoms with Crippen LogP contribution in [0.3, 0.4) is 0 Å². The van der Waals surface area contributed by atoms with Crippen LogP contribution in [0.1, 0.15) is 11.1 Å². The van der Waals surface area contributed by atoms with E-state index in [9.17, 15) is 10.1 Å². The molecule has 0 fully saturated rings. The van der Waals surface area contributed by atoms with Gasteiger partial charge in [-0.15, -0.1) is 0 Å². The van der Waals surface area contributed by atoms with E-state index in [0.717, 1.165) is 5.56 Å². The number of benzene rings is 3. The van der Waals surface area contributed by atoms with Crippen molar-refractivity contribution in [1.82, 2.24) is 0 Å². The monoisotopic (exact) mass is 492 g/mol. The van der Waals surface area contributed by atoms with Crippen LogP contribution in [0, 0.1) is 11.3 Å². The summed E-state index contributed by atoms with van der Waals surface area (Å²) in [5, 5.41) is 12.6. The second-order valence-corrected chi connectivity index (χ2v) is 7.79. The molecule has 0 atom stereocenters. The summed E-state index contributed by atoms with van der Waals surface area (Å²) >= 11 is 6.01. The third-order valence-electron chi connectivity index (χ3n) is 5.10. The average molecular weight is 493 g/mol. The molecule has 9 heteroatoms. The van der Waals surface area contributed by atoms with Crippen molar-refractivity contribution in [3.05, 3.63) is 76.3 Å². The number of nitriles is 1. The van der Waals surface area contributed by atoms with Crippen LogP contribution in [-0.4, -0.2) is 26.9 Å². The summed E-state index contributed by atoms with van der Waals surface area (Å²) < 4.78 is 27.3. The Morgan fingerprint density at radius 3 is 2.57 bits per heavy atom. The van der Waals surface area contributed by atoms with Crippen LogP contribution in [0.2, 0.25) is 5.02 Å². The van der Waals surface area contributed by atoms with Gasteiger partial charge in [-0.05, 0) is 59.7 Å². The first kappa shape index (κ1) is 23.8. The van der Waals surface area contributed by atoms with E-state index in [1.807, 2.05) is 24.3 Å². The zero-order chi connectivity index (χ0) is 24.8. The predicted molar refractivity (Wildman–Crippen MR) is 130 cm³/mol. The van der Waals surface area contributed by atoms with E-state index in [-0.39, 0.29) is 19.0 Å². The predicted octanol–water partition coefficient (Wildman–Crippen LogP) is 5.21. The Hall–Kier alpha value is -4.35. The lowest BCUT2D eigenvalue weighted by molar-refractivity contribution is -0.112. The highest BCUT2D eigenvalue weighted by Gasteiger charge is 2.15. The molecule has 0 spiro atoms. The van der Waals surface area contributed by atoms with Gasteiger partial charge < -0.3 is 29.0 Å². The Kier molecular flexibility index (Phi) is 7.29. The van der Waals surface area contributed by atoms with Gasteiger partial charge in [-0.2, -0.15) is 5.26 Å². The fourth-order valence-electron chi connectivity index (χ4n) is 3.37. The number of anilines is 1. The summed E-state index contributed by atoms with van der Waals surface area (Å²) in [5.74, 6) is 2.16. The minimum Gasteiger partial charge on any atom is -0.495 e. The van der Waals surface area contributed by atoms with Gasteiger partial charge in [-0.1, -0.05) is 23.7 Å². The number of carbonyl (C=O) groups is 1. The lowest BCUT2D eigenvalue weighted by Gasteiger charge is -2.12. The smallest absolute Gasteiger partial charge is 0.266 e. The van der Waals surface area contributed by atoms with Crippen LogP contribution >= 0.6 is 11.6 Å². The van der Waals surface area contributed by atoms with Crippen molar-refractivity contribution < 1.29 is 28.5 Å². The number of hydrogen-bond donors (Lipinski definition) is 1. The number of fused-ring (bicyclic) bond motifs is 1. The molecule has 1 N–H and O–H groups in total. The Morgan fingerprint density at radius 2 is 1.80 bits per heavy atom. The molecule has 0 bridgehead atoms. The first-order valence-electron chi connectivity index (χ1n) is 10.5. The van der Waals surface area contributed by atoms with E-state index in [1.54, 1.807) is 36.4 Å². The molecule has 1 amide bonds. The quantitative estimate of drug-likeness (QED) is 0.340. The fraction of sp³-hybridized carbons (Fsp3) is 0.154. The molecule has 178 valence electrons. The van der Waals surface area contributed by atoms with E-state index in [1.165, 1.54) is 20.3 Å². The molecule has 35 heavy (non-hydrogen) atoms. The van der Waals surface area contributed by atoms with Gasteiger partial charge in [0.1, 0.15) is 24.0 Å². The van der Waals surface area contributed by atoms with Crippen molar-refractivity contribution in [2.45, 2.75) is 6.61 Å². The fourth-order valence-corrected chi connectivity index (χ4v) is 3.54. The minimum absolute atomic E-state index is 0.108. The maximum absolute atomic E-state index is 12.7. The summed E-state index contributed by atoms with van der Waals surface area (Å²) in [6.45, 7) is 0.493. The van der Waals surface area contributed by atoms with E-state index < -0.39 is 5.91 Å². The zero-order valence-corrected chi connectivity index (χ0v) is 19.7. The number of ether oxygens (including phenoxy) is 5.